The molecule has 2 aliphatic carbocycles. The molecule has 0 aromatic heterocycles. The van der Waals surface area contributed by atoms with Crippen molar-refractivity contribution in [2.24, 2.45) is 17.8 Å². The minimum atomic E-state index is -1.35. The molecule has 2 aliphatic rings. The summed E-state index contributed by atoms with van der Waals surface area (Å²) in [5, 5.41) is 0. The van der Waals surface area contributed by atoms with Crippen molar-refractivity contribution in [1.29, 1.82) is 0 Å². The summed E-state index contributed by atoms with van der Waals surface area (Å²) in [6.45, 7) is 2.23. The molecule has 0 radical (unpaired) electrons. The molecule has 3 heteroatoms. The summed E-state index contributed by atoms with van der Waals surface area (Å²) >= 11 is 0. The lowest BCUT2D eigenvalue weighted by Crippen LogP contribution is -2.03. The molecule has 22 heavy (non-hydrogen) atoms. The maximum Gasteiger partial charge on any atom is 0.194 e. The lowest BCUT2D eigenvalue weighted by atomic mass is 9.90. The van der Waals surface area contributed by atoms with Gasteiger partial charge >= 0.3 is 0 Å². The second kappa shape index (κ2) is 6.64. The molecule has 3 rings (SSSR count). The fourth-order valence-corrected chi connectivity index (χ4v) is 4.47. The standard InChI is InChI=1S/C19H25F3/c1-2-3-4-5-6-7-14-15-8-12(9-16(14)15)13-10-17(20)19(22)18(21)11-13/h10-12,14-16H,2-9H2,1H3. The molecule has 0 heterocycles. The number of benzene rings is 1. The van der Waals surface area contributed by atoms with Gasteiger partial charge in [-0.1, -0.05) is 39.0 Å². The first-order valence-corrected chi connectivity index (χ1v) is 8.76. The van der Waals surface area contributed by atoms with E-state index in [0.717, 1.165) is 30.6 Å². The molecule has 2 unspecified atom stereocenters. The van der Waals surface area contributed by atoms with Crippen LogP contribution in [0.3, 0.4) is 0 Å². The van der Waals surface area contributed by atoms with Gasteiger partial charge in [-0.15, -0.1) is 0 Å². The van der Waals surface area contributed by atoms with Gasteiger partial charge in [0.15, 0.2) is 17.5 Å². The third kappa shape index (κ3) is 3.18. The first-order chi connectivity index (χ1) is 10.6. The Bertz CT molecular complexity index is 490. The second-order valence-electron chi connectivity index (χ2n) is 7.16. The second-order valence-corrected chi connectivity index (χ2v) is 7.16. The van der Waals surface area contributed by atoms with Gasteiger partial charge in [0.25, 0.3) is 0 Å². The molecule has 1 aromatic rings. The molecule has 2 fully saturated rings. The molecule has 0 aliphatic heterocycles. The maximum absolute atomic E-state index is 13.3. The van der Waals surface area contributed by atoms with Crippen LogP contribution in [0.4, 0.5) is 13.2 Å². The van der Waals surface area contributed by atoms with E-state index in [0.29, 0.717) is 5.56 Å². The highest BCUT2D eigenvalue weighted by Crippen LogP contribution is 2.63. The molecule has 1 aromatic carbocycles. The van der Waals surface area contributed by atoms with Gasteiger partial charge in [0.1, 0.15) is 0 Å². The Morgan fingerprint density at radius 3 is 2.09 bits per heavy atom. The first kappa shape index (κ1) is 15.9. The van der Waals surface area contributed by atoms with Gasteiger partial charge < -0.3 is 0 Å². The van der Waals surface area contributed by atoms with Crippen molar-refractivity contribution in [3.63, 3.8) is 0 Å². The van der Waals surface area contributed by atoms with E-state index in [1.54, 1.807) is 0 Å². The molecular weight excluding hydrogens is 285 g/mol. The zero-order chi connectivity index (χ0) is 15.7. The highest BCUT2D eigenvalue weighted by atomic mass is 19.2. The predicted octanol–water partition coefficient (Wildman–Crippen LogP) is 6.20. The summed E-state index contributed by atoms with van der Waals surface area (Å²) in [7, 11) is 0. The Morgan fingerprint density at radius 2 is 1.50 bits per heavy atom. The summed E-state index contributed by atoms with van der Waals surface area (Å²) in [5.41, 5.74) is 0.644. The van der Waals surface area contributed by atoms with Gasteiger partial charge in [-0.05, 0) is 60.6 Å². The number of hydrogen-bond donors (Lipinski definition) is 0. The quantitative estimate of drug-likeness (QED) is 0.415. The molecule has 2 atom stereocenters. The summed E-state index contributed by atoms with van der Waals surface area (Å²) in [4.78, 5) is 0. The van der Waals surface area contributed by atoms with E-state index in [1.807, 2.05) is 0 Å². The smallest absolute Gasteiger partial charge is 0.194 e. The van der Waals surface area contributed by atoms with Crippen LogP contribution in [0.25, 0.3) is 0 Å². The predicted molar refractivity (Wildman–Crippen MR) is 82.1 cm³/mol. The van der Waals surface area contributed by atoms with Crippen LogP contribution < -0.4 is 0 Å². The minimum Gasteiger partial charge on any atom is -0.204 e. The molecule has 122 valence electrons. The van der Waals surface area contributed by atoms with Gasteiger partial charge in [0, 0.05) is 0 Å². The highest BCUT2D eigenvalue weighted by molar-refractivity contribution is 5.26. The molecule has 0 N–H and O–H groups in total. The maximum atomic E-state index is 13.3. The van der Waals surface area contributed by atoms with Crippen LogP contribution in [0.15, 0.2) is 12.1 Å². The van der Waals surface area contributed by atoms with Crippen molar-refractivity contribution in [3.8, 4) is 0 Å². The Labute approximate surface area is 131 Å². The van der Waals surface area contributed by atoms with Crippen LogP contribution in [-0.2, 0) is 0 Å². The van der Waals surface area contributed by atoms with Gasteiger partial charge in [-0.25, -0.2) is 13.2 Å². The summed E-state index contributed by atoms with van der Waals surface area (Å²) in [5.74, 6) is -0.911. The third-order valence-electron chi connectivity index (χ3n) is 5.74. The Balaban J connectivity index is 1.46. The van der Waals surface area contributed by atoms with Crippen LogP contribution in [0.5, 0.6) is 0 Å². The van der Waals surface area contributed by atoms with Crippen LogP contribution in [0.1, 0.15) is 69.8 Å². The van der Waals surface area contributed by atoms with E-state index in [1.165, 1.54) is 50.7 Å². The van der Waals surface area contributed by atoms with E-state index in [9.17, 15) is 13.2 Å². The van der Waals surface area contributed by atoms with Gasteiger partial charge in [-0.3, -0.25) is 0 Å². The van der Waals surface area contributed by atoms with Crippen molar-refractivity contribution >= 4 is 0 Å². The highest BCUT2D eigenvalue weighted by Gasteiger charge is 2.55. The molecule has 0 spiro atoms. The van der Waals surface area contributed by atoms with Crippen LogP contribution in [0, 0.1) is 35.2 Å². The van der Waals surface area contributed by atoms with Crippen molar-refractivity contribution in [3.05, 3.63) is 35.1 Å². The Kier molecular flexibility index (Phi) is 4.79. The van der Waals surface area contributed by atoms with E-state index in [-0.39, 0.29) is 5.92 Å². The lowest BCUT2D eigenvalue weighted by molar-refractivity contribution is 0.438. The SMILES string of the molecule is CCCCCCCC1C2CC(c3cc(F)c(F)c(F)c3)CC12. The average Bonchev–Trinajstić information content (AvgIpc) is 2.94. The van der Waals surface area contributed by atoms with Crippen LogP contribution in [-0.4, -0.2) is 0 Å². The molecule has 0 saturated heterocycles. The fraction of sp³-hybridized carbons (Fsp3) is 0.684. The van der Waals surface area contributed by atoms with Crippen molar-refractivity contribution in [2.45, 2.75) is 64.2 Å². The van der Waals surface area contributed by atoms with Gasteiger partial charge in [0.2, 0.25) is 0 Å². The summed E-state index contributed by atoms with van der Waals surface area (Å²) < 4.78 is 39.7. The topological polar surface area (TPSA) is 0 Å². The zero-order valence-electron chi connectivity index (χ0n) is 13.3. The lowest BCUT2D eigenvalue weighted by Gasteiger charge is -2.15. The number of hydrogen-bond acceptors (Lipinski definition) is 0. The largest absolute Gasteiger partial charge is 0.204 e. The van der Waals surface area contributed by atoms with E-state index in [4.69, 9.17) is 0 Å². The average molecular weight is 310 g/mol. The monoisotopic (exact) mass is 310 g/mol. The van der Waals surface area contributed by atoms with Crippen LogP contribution >= 0.6 is 0 Å². The normalized spacial score (nSPS) is 29.6. The minimum absolute atomic E-state index is 0.218. The number of halogens is 3. The molecular formula is C19H25F3. The Morgan fingerprint density at radius 1 is 0.909 bits per heavy atom. The molecule has 0 amide bonds. The fourth-order valence-electron chi connectivity index (χ4n) is 4.47. The first-order valence-electron chi connectivity index (χ1n) is 8.76. The molecule has 2 saturated carbocycles. The number of unbranched alkanes of at least 4 members (excludes halogenated alkanes) is 4. The number of fused-ring (bicyclic) bond motifs is 1. The third-order valence-corrected chi connectivity index (χ3v) is 5.74. The zero-order valence-corrected chi connectivity index (χ0v) is 13.3. The molecule has 0 nitrogen and oxygen atoms in total. The summed E-state index contributed by atoms with van der Waals surface area (Å²) in [6.07, 6.45) is 9.98. The van der Waals surface area contributed by atoms with Gasteiger partial charge in [0.05, 0.1) is 0 Å². The van der Waals surface area contributed by atoms with Crippen molar-refractivity contribution in [2.75, 3.05) is 0 Å². The van der Waals surface area contributed by atoms with Crippen molar-refractivity contribution < 1.29 is 13.2 Å². The van der Waals surface area contributed by atoms with E-state index >= 15 is 0 Å². The van der Waals surface area contributed by atoms with Gasteiger partial charge in [-0.2, -0.15) is 0 Å². The number of rotatable bonds is 7. The van der Waals surface area contributed by atoms with Crippen LogP contribution in [0.2, 0.25) is 0 Å². The van der Waals surface area contributed by atoms with Crippen molar-refractivity contribution in [1.82, 2.24) is 0 Å². The Hall–Kier alpha value is -0.990. The van der Waals surface area contributed by atoms with E-state index < -0.39 is 17.5 Å². The summed E-state index contributed by atoms with van der Waals surface area (Å²) in [6, 6.07) is 2.38. The molecule has 0 bridgehead atoms. The van der Waals surface area contributed by atoms with E-state index in [2.05, 4.69) is 6.92 Å².